The Kier molecular flexibility index (Phi) is 7.40. The average molecular weight is 532 g/mol. The monoisotopic (exact) mass is 531 g/mol. The molecule has 3 aromatic rings. The first kappa shape index (κ1) is 26.2. The number of aryl methyl sites for hydroxylation is 1. The van der Waals surface area contributed by atoms with Crippen LogP contribution in [0.1, 0.15) is 79.7 Å². The molecule has 0 radical (unpaired) electrons. The molecule has 2 fully saturated rings. The second kappa shape index (κ2) is 10.7. The number of fused-ring (bicyclic) bond motifs is 1. The van der Waals surface area contributed by atoms with E-state index in [0.717, 1.165) is 25.7 Å². The van der Waals surface area contributed by atoms with Crippen molar-refractivity contribution in [1.82, 2.24) is 35.0 Å². The Hall–Kier alpha value is -3.44. The van der Waals surface area contributed by atoms with Crippen LogP contribution in [0.2, 0.25) is 0 Å². The van der Waals surface area contributed by atoms with Crippen LogP contribution in [0.5, 0.6) is 0 Å². The summed E-state index contributed by atoms with van der Waals surface area (Å²) >= 11 is 0. The quantitative estimate of drug-likeness (QED) is 0.449. The molecule has 0 bridgehead atoms. The van der Waals surface area contributed by atoms with Gasteiger partial charge in [-0.2, -0.15) is 23.4 Å². The van der Waals surface area contributed by atoms with Gasteiger partial charge in [0.1, 0.15) is 11.7 Å². The van der Waals surface area contributed by atoms with Crippen molar-refractivity contribution in [2.45, 2.75) is 83.1 Å². The lowest BCUT2D eigenvalue weighted by atomic mass is 9.90. The van der Waals surface area contributed by atoms with Crippen molar-refractivity contribution in [3.63, 3.8) is 0 Å². The van der Waals surface area contributed by atoms with Crippen LogP contribution in [0, 0.1) is 11.8 Å². The molecule has 3 atom stereocenters. The van der Waals surface area contributed by atoms with Crippen molar-refractivity contribution in [3.05, 3.63) is 47.7 Å². The van der Waals surface area contributed by atoms with Crippen LogP contribution in [0.4, 0.5) is 13.2 Å². The molecule has 2 aliphatic rings. The van der Waals surface area contributed by atoms with E-state index in [2.05, 4.69) is 15.5 Å². The van der Waals surface area contributed by atoms with Crippen LogP contribution < -0.4 is 10.6 Å². The molecule has 1 saturated heterocycles. The van der Waals surface area contributed by atoms with Crippen LogP contribution in [-0.4, -0.2) is 48.4 Å². The number of carbonyl (C=O) groups is 2. The number of hydrogen-bond donors (Lipinski definition) is 2. The summed E-state index contributed by atoms with van der Waals surface area (Å²) < 4.78 is 42.4. The van der Waals surface area contributed by atoms with E-state index >= 15 is 0 Å². The first-order valence-electron chi connectivity index (χ1n) is 13.3. The van der Waals surface area contributed by atoms with Crippen molar-refractivity contribution < 1.29 is 22.8 Å². The molecule has 204 valence electrons. The highest BCUT2D eigenvalue weighted by molar-refractivity contribution is 5.92. The molecule has 1 aliphatic heterocycles. The summed E-state index contributed by atoms with van der Waals surface area (Å²) in [6.45, 7) is 2.50. The van der Waals surface area contributed by atoms with Crippen molar-refractivity contribution >= 4 is 17.5 Å². The van der Waals surface area contributed by atoms with Gasteiger partial charge in [0, 0.05) is 18.7 Å². The molecule has 9 nitrogen and oxygen atoms in total. The zero-order chi connectivity index (χ0) is 26.9. The molecule has 0 spiro atoms. The van der Waals surface area contributed by atoms with Gasteiger partial charge in [0.25, 0.3) is 5.91 Å². The minimum Gasteiger partial charge on any atom is -0.344 e. The lowest BCUT2D eigenvalue weighted by molar-refractivity contribution is -0.154. The third-order valence-electron chi connectivity index (χ3n) is 7.71. The molecular formula is C26H32F3N7O2. The molecule has 0 aromatic carbocycles. The highest BCUT2D eigenvalue weighted by atomic mass is 19.4. The SMILES string of the molecule is CCn1nccc1C(=O)N[C@H](c1cn2ncc(CC3C[C@@H](C(F)(F)F)NC3=O)cc2n1)C1CCCCCC1. The number of nitrogens with zero attached hydrogens (tertiary/aromatic N) is 5. The van der Waals surface area contributed by atoms with Gasteiger partial charge in [-0.3, -0.25) is 14.3 Å². The lowest BCUT2D eigenvalue weighted by Crippen LogP contribution is -2.38. The normalized spacial score (nSPS) is 21.8. The van der Waals surface area contributed by atoms with Crippen molar-refractivity contribution in [3.8, 4) is 0 Å². The Morgan fingerprint density at radius 1 is 1.21 bits per heavy atom. The van der Waals surface area contributed by atoms with Gasteiger partial charge >= 0.3 is 6.18 Å². The fourth-order valence-corrected chi connectivity index (χ4v) is 5.68. The van der Waals surface area contributed by atoms with Gasteiger partial charge < -0.3 is 10.6 Å². The van der Waals surface area contributed by atoms with E-state index in [0.29, 0.717) is 29.1 Å². The molecule has 2 amide bonds. The molecule has 4 heterocycles. The molecule has 1 aliphatic carbocycles. The van der Waals surface area contributed by atoms with E-state index in [4.69, 9.17) is 4.98 Å². The first-order chi connectivity index (χ1) is 18.2. The number of hydrogen-bond acceptors (Lipinski definition) is 5. The van der Waals surface area contributed by atoms with E-state index < -0.39 is 24.0 Å². The van der Waals surface area contributed by atoms with E-state index in [-0.39, 0.29) is 30.7 Å². The fourth-order valence-electron chi connectivity index (χ4n) is 5.68. The third kappa shape index (κ3) is 5.53. The Balaban J connectivity index is 1.39. The minimum atomic E-state index is -4.46. The predicted molar refractivity (Wildman–Crippen MR) is 132 cm³/mol. The van der Waals surface area contributed by atoms with E-state index in [1.54, 1.807) is 39.9 Å². The second-order valence-electron chi connectivity index (χ2n) is 10.3. The summed E-state index contributed by atoms with van der Waals surface area (Å²) in [5.74, 6) is -1.37. The standard InChI is InChI=1S/C26H32F3N7O2/c1-2-35-20(9-10-30-35)25(38)34-23(17-7-5-3-4-6-8-17)19-15-36-22(32-19)12-16(14-31-36)11-18-13-21(26(27,28)29)33-24(18)37/h9-10,12,14-15,17-18,21,23H,2-8,11,13H2,1H3,(H,33,37)(H,34,38)/t18?,21-,23-/m0/s1. The number of nitrogens with one attached hydrogen (secondary N) is 2. The van der Waals surface area contributed by atoms with Gasteiger partial charge in [0.2, 0.25) is 5.91 Å². The molecular weight excluding hydrogens is 499 g/mol. The maximum atomic E-state index is 13.2. The average Bonchev–Trinajstić information content (AvgIpc) is 3.56. The fraction of sp³-hybridized carbons (Fsp3) is 0.577. The summed E-state index contributed by atoms with van der Waals surface area (Å²) in [6, 6.07) is 1.31. The van der Waals surface area contributed by atoms with Crippen molar-refractivity contribution in [2.75, 3.05) is 0 Å². The van der Waals surface area contributed by atoms with Crippen LogP contribution in [-0.2, 0) is 17.8 Å². The molecule has 38 heavy (non-hydrogen) atoms. The smallest absolute Gasteiger partial charge is 0.344 e. The Morgan fingerprint density at radius 2 is 1.97 bits per heavy atom. The van der Waals surface area contributed by atoms with Crippen LogP contribution in [0.25, 0.3) is 5.65 Å². The van der Waals surface area contributed by atoms with Gasteiger partial charge in [-0.05, 0) is 56.2 Å². The summed E-state index contributed by atoms with van der Waals surface area (Å²) in [5.41, 5.74) is 2.34. The number of amides is 2. The van der Waals surface area contributed by atoms with Crippen LogP contribution in [0.15, 0.2) is 30.7 Å². The largest absolute Gasteiger partial charge is 0.408 e. The molecule has 3 aromatic heterocycles. The van der Waals surface area contributed by atoms with Gasteiger partial charge in [0.15, 0.2) is 5.65 Å². The van der Waals surface area contributed by atoms with E-state index in [1.165, 1.54) is 12.8 Å². The van der Waals surface area contributed by atoms with Crippen LogP contribution in [0.3, 0.4) is 0 Å². The molecule has 2 N–H and O–H groups in total. The summed E-state index contributed by atoms with van der Waals surface area (Å²) in [5, 5.41) is 13.9. The zero-order valence-electron chi connectivity index (χ0n) is 21.2. The zero-order valence-corrected chi connectivity index (χ0v) is 21.2. The van der Waals surface area contributed by atoms with E-state index in [9.17, 15) is 22.8 Å². The number of aromatic nitrogens is 5. The maximum Gasteiger partial charge on any atom is 0.408 e. The number of imidazole rings is 1. The predicted octanol–water partition coefficient (Wildman–Crippen LogP) is 4.00. The Labute approximate surface area is 218 Å². The number of alkyl halides is 3. The summed E-state index contributed by atoms with van der Waals surface area (Å²) in [4.78, 5) is 30.2. The lowest BCUT2D eigenvalue weighted by Gasteiger charge is -2.26. The third-order valence-corrected chi connectivity index (χ3v) is 7.71. The number of carbonyl (C=O) groups excluding carboxylic acids is 2. The summed E-state index contributed by atoms with van der Waals surface area (Å²) in [7, 11) is 0. The van der Waals surface area contributed by atoms with Crippen LogP contribution >= 0.6 is 0 Å². The number of rotatable bonds is 7. The summed E-state index contributed by atoms with van der Waals surface area (Å²) in [6.07, 6.45) is 6.81. The Bertz CT molecular complexity index is 1290. The molecule has 1 saturated carbocycles. The highest BCUT2D eigenvalue weighted by Crippen LogP contribution is 2.34. The molecule has 5 rings (SSSR count). The minimum absolute atomic E-state index is 0.147. The highest BCUT2D eigenvalue weighted by Gasteiger charge is 2.47. The topological polar surface area (TPSA) is 106 Å². The molecule has 1 unspecified atom stereocenters. The van der Waals surface area contributed by atoms with Gasteiger partial charge in [-0.1, -0.05) is 25.7 Å². The first-order valence-corrected chi connectivity index (χ1v) is 13.3. The Morgan fingerprint density at radius 3 is 2.66 bits per heavy atom. The van der Waals surface area contributed by atoms with Crippen molar-refractivity contribution in [2.24, 2.45) is 11.8 Å². The van der Waals surface area contributed by atoms with Crippen molar-refractivity contribution in [1.29, 1.82) is 0 Å². The number of halogens is 3. The van der Waals surface area contributed by atoms with Gasteiger partial charge in [-0.15, -0.1) is 0 Å². The molecule has 12 heteroatoms. The maximum absolute atomic E-state index is 13.2. The van der Waals surface area contributed by atoms with Gasteiger partial charge in [0.05, 0.1) is 24.1 Å². The second-order valence-corrected chi connectivity index (χ2v) is 10.3. The van der Waals surface area contributed by atoms with E-state index in [1.807, 2.05) is 12.2 Å². The van der Waals surface area contributed by atoms with Gasteiger partial charge in [-0.25, -0.2) is 9.50 Å².